The molecule has 3 heterocycles. The Morgan fingerprint density at radius 1 is 1.55 bits per heavy atom. The molecule has 0 saturated carbocycles. The molecule has 0 bridgehead atoms. The lowest BCUT2D eigenvalue weighted by atomic mass is 9.86. The molecule has 1 atom stereocenters. The van der Waals surface area contributed by atoms with Gasteiger partial charge in [0.15, 0.2) is 5.60 Å². The first-order valence-corrected chi connectivity index (χ1v) is 7.28. The molecule has 0 aromatic carbocycles. The Hall–Kier alpha value is -2.21. The standard InChI is InChI=1S/C16H18N2O4/c1-4-16(21)11-7-13-12(17-9(2)3)5-6-18(13)14(19)10(11)8-22-15(16)20/h7,21H,2,4-6,8H2,1,3H3/t16-/m0/s1. The summed E-state index contributed by atoms with van der Waals surface area (Å²) in [5.74, 6) is -0.705. The van der Waals surface area contributed by atoms with Crippen molar-refractivity contribution >= 4 is 11.7 Å². The van der Waals surface area contributed by atoms with Crippen molar-refractivity contribution in [3.8, 4) is 0 Å². The van der Waals surface area contributed by atoms with Crippen LogP contribution >= 0.6 is 0 Å². The van der Waals surface area contributed by atoms with E-state index >= 15 is 0 Å². The van der Waals surface area contributed by atoms with Crippen molar-refractivity contribution in [3.63, 3.8) is 0 Å². The second-order valence-corrected chi connectivity index (χ2v) is 5.71. The molecule has 2 aliphatic rings. The van der Waals surface area contributed by atoms with Gasteiger partial charge in [-0.2, -0.15) is 0 Å². The summed E-state index contributed by atoms with van der Waals surface area (Å²) in [5, 5.41) is 10.6. The number of cyclic esters (lactones) is 1. The minimum Gasteiger partial charge on any atom is -0.458 e. The molecule has 6 nitrogen and oxygen atoms in total. The maximum Gasteiger partial charge on any atom is 0.343 e. The van der Waals surface area contributed by atoms with Crippen molar-refractivity contribution in [2.45, 2.75) is 45.4 Å². The number of hydrogen-bond donors (Lipinski definition) is 1. The van der Waals surface area contributed by atoms with E-state index in [9.17, 15) is 14.7 Å². The minimum absolute atomic E-state index is 0.0947. The number of aliphatic hydroxyl groups is 1. The summed E-state index contributed by atoms with van der Waals surface area (Å²) in [4.78, 5) is 29.0. The average Bonchev–Trinajstić information content (AvgIpc) is 2.86. The first-order chi connectivity index (χ1) is 10.4. The van der Waals surface area contributed by atoms with E-state index in [1.54, 1.807) is 24.5 Å². The zero-order valence-corrected chi connectivity index (χ0v) is 12.7. The number of aliphatic imine (C=N–C) groups is 1. The zero-order chi connectivity index (χ0) is 16.1. The van der Waals surface area contributed by atoms with Crippen LogP contribution in [0.2, 0.25) is 0 Å². The minimum atomic E-state index is -1.76. The van der Waals surface area contributed by atoms with Gasteiger partial charge >= 0.3 is 5.97 Å². The molecule has 116 valence electrons. The number of carbonyl (C=O) groups is 1. The summed E-state index contributed by atoms with van der Waals surface area (Å²) < 4.78 is 6.62. The summed E-state index contributed by atoms with van der Waals surface area (Å²) in [7, 11) is 0. The number of aromatic nitrogens is 1. The van der Waals surface area contributed by atoms with Gasteiger partial charge in [-0.3, -0.25) is 9.79 Å². The second-order valence-electron chi connectivity index (χ2n) is 5.71. The molecular weight excluding hydrogens is 284 g/mol. The van der Waals surface area contributed by atoms with Gasteiger partial charge in [-0.05, 0) is 19.4 Å². The predicted octanol–water partition coefficient (Wildman–Crippen LogP) is 1.23. The lowest BCUT2D eigenvalue weighted by molar-refractivity contribution is -0.172. The SMILES string of the molecule is C=C(C)N=C1CCn2c1cc1c(c2=O)COC(=O)[C@]1(O)CC. The molecule has 0 aliphatic carbocycles. The number of esters is 1. The molecule has 0 fully saturated rings. The Bertz CT molecular complexity index is 775. The fraction of sp³-hybridized carbons (Fsp3) is 0.438. The highest BCUT2D eigenvalue weighted by molar-refractivity contribution is 6.02. The summed E-state index contributed by atoms with van der Waals surface area (Å²) in [5.41, 5.74) is 0.762. The predicted molar refractivity (Wildman–Crippen MR) is 80.7 cm³/mol. The quantitative estimate of drug-likeness (QED) is 0.833. The van der Waals surface area contributed by atoms with E-state index in [2.05, 4.69) is 11.6 Å². The molecule has 22 heavy (non-hydrogen) atoms. The molecule has 2 aliphatic heterocycles. The topological polar surface area (TPSA) is 80.9 Å². The van der Waals surface area contributed by atoms with Crippen LogP contribution in [-0.4, -0.2) is 21.4 Å². The van der Waals surface area contributed by atoms with Crippen molar-refractivity contribution in [2.24, 2.45) is 4.99 Å². The van der Waals surface area contributed by atoms with Gasteiger partial charge in [-0.15, -0.1) is 0 Å². The number of fused-ring (bicyclic) bond motifs is 2. The maximum atomic E-state index is 12.6. The number of ether oxygens (including phenoxy) is 1. The third kappa shape index (κ3) is 1.94. The van der Waals surface area contributed by atoms with E-state index in [0.717, 1.165) is 5.71 Å². The summed E-state index contributed by atoms with van der Waals surface area (Å²) >= 11 is 0. The molecule has 6 heteroatoms. The maximum absolute atomic E-state index is 12.6. The fourth-order valence-corrected chi connectivity index (χ4v) is 3.05. The second kappa shape index (κ2) is 4.91. The number of rotatable bonds is 2. The first kappa shape index (κ1) is 14.7. The molecule has 1 N–H and O–H groups in total. The third-order valence-electron chi connectivity index (χ3n) is 4.24. The van der Waals surface area contributed by atoms with Gasteiger partial charge in [0.2, 0.25) is 0 Å². The number of carbonyl (C=O) groups excluding carboxylic acids is 1. The van der Waals surface area contributed by atoms with Crippen molar-refractivity contribution in [1.29, 1.82) is 0 Å². The number of hydrogen-bond acceptors (Lipinski definition) is 5. The van der Waals surface area contributed by atoms with E-state index in [4.69, 9.17) is 4.74 Å². The number of nitrogens with zero attached hydrogens (tertiary/aromatic N) is 2. The van der Waals surface area contributed by atoms with Crippen LogP contribution in [0.1, 0.15) is 43.5 Å². The van der Waals surface area contributed by atoms with Crippen LogP contribution < -0.4 is 5.56 Å². The Balaban J connectivity index is 2.28. The van der Waals surface area contributed by atoms with Crippen molar-refractivity contribution in [2.75, 3.05) is 0 Å². The van der Waals surface area contributed by atoms with Gasteiger partial charge in [0.05, 0.1) is 17.0 Å². The Morgan fingerprint density at radius 3 is 2.91 bits per heavy atom. The average molecular weight is 302 g/mol. The van der Waals surface area contributed by atoms with E-state index in [1.165, 1.54) is 0 Å². The number of pyridine rings is 1. The van der Waals surface area contributed by atoms with Crippen molar-refractivity contribution in [1.82, 2.24) is 4.57 Å². The van der Waals surface area contributed by atoms with Crippen molar-refractivity contribution in [3.05, 3.63) is 45.5 Å². The number of allylic oxidation sites excluding steroid dienone is 1. The van der Waals surface area contributed by atoms with Gasteiger partial charge in [0.1, 0.15) is 6.61 Å². The molecule has 0 amide bonds. The fourth-order valence-electron chi connectivity index (χ4n) is 3.05. The highest BCUT2D eigenvalue weighted by atomic mass is 16.6. The van der Waals surface area contributed by atoms with Crippen LogP contribution in [0.5, 0.6) is 0 Å². The lowest BCUT2D eigenvalue weighted by Crippen LogP contribution is -2.44. The van der Waals surface area contributed by atoms with Crippen LogP contribution in [0.15, 0.2) is 28.1 Å². The monoisotopic (exact) mass is 302 g/mol. The molecule has 1 aromatic heterocycles. The molecular formula is C16H18N2O4. The summed E-state index contributed by atoms with van der Waals surface area (Å²) in [6.07, 6.45) is 0.777. The Morgan fingerprint density at radius 2 is 2.27 bits per heavy atom. The normalized spacial score (nSPS) is 24.9. The first-order valence-electron chi connectivity index (χ1n) is 7.28. The van der Waals surface area contributed by atoms with Crippen LogP contribution in [0.25, 0.3) is 0 Å². The van der Waals surface area contributed by atoms with Gasteiger partial charge in [-0.25, -0.2) is 4.79 Å². The van der Waals surface area contributed by atoms with Gasteiger partial charge in [-0.1, -0.05) is 13.5 Å². The lowest BCUT2D eigenvalue weighted by Gasteiger charge is -2.31. The third-order valence-corrected chi connectivity index (χ3v) is 4.24. The molecule has 1 aromatic rings. The van der Waals surface area contributed by atoms with Crippen LogP contribution in [0.4, 0.5) is 0 Å². The smallest absolute Gasteiger partial charge is 0.343 e. The van der Waals surface area contributed by atoms with Gasteiger partial charge in [0.25, 0.3) is 5.56 Å². The highest BCUT2D eigenvalue weighted by Gasteiger charge is 2.45. The molecule has 0 unspecified atom stereocenters. The van der Waals surface area contributed by atoms with Crippen LogP contribution in [-0.2, 0) is 28.3 Å². The summed E-state index contributed by atoms with van der Waals surface area (Å²) in [6.45, 7) is 7.67. The molecule has 0 saturated heterocycles. The molecule has 3 rings (SSSR count). The van der Waals surface area contributed by atoms with Crippen molar-refractivity contribution < 1.29 is 14.6 Å². The largest absolute Gasteiger partial charge is 0.458 e. The Kier molecular flexibility index (Phi) is 3.29. The summed E-state index contributed by atoms with van der Waals surface area (Å²) in [6, 6.07) is 1.70. The van der Waals surface area contributed by atoms with E-state index in [0.29, 0.717) is 35.5 Å². The van der Waals surface area contributed by atoms with E-state index in [1.807, 2.05) is 0 Å². The van der Waals surface area contributed by atoms with Gasteiger partial charge in [0, 0.05) is 24.2 Å². The van der Waals surface area contributed by atoms with E-state index < -0.39 is 11.6 Å². The molecule has 0 radical (unpaired) electrons. The van der Waals surface area contributed by atoms with Gasteiger partial charge < -0.3 is 14.4 Å². The Labute approximate surface area is 127 Å². The highest BCUT2D eigenvalue weighted by Crippen LogP contribution is 2.34. The molecule has 0 spiro atoms. The zero-order valence-electron chi connectivity index (χ0n) is 12.7. The van der Waals surface area contributed by atoms with Crippen LogP contribution in [0, 0.1) is 0 Å². The van der Waals surface area contributed by atoms with Crippen LogP contribution in [0.3, 0.4) is 0 Å². The van der Waals surface area contributed by atoms with E-state index in [-0.39, 0.29) is 18.6 Å².